The minimum atomic E-state index is -3.56. The number of ether oxygens (including phenoxy) is 1. The van der Waals surface area contributed by atoms with Crippen molar-refractivity contribution in [3.05, 3.63) is 95.8 Å². The molecule has 8 heteroatoms. The van der Waals surface area contributed by atoms with Gasteiger partial charge in [-0.2, -0.15) is 0 Å². The fraction of sp³-hybridized carbons (Fsp3) is 0.259. The summed E-state index contributed by atoms with van der Waals surface area (Å²) in [5, 5.41) is 9.26. The number of rotatable bonds is 11. The molecule has 0 atom stereocenters. The van der Waals surface area contributed by atoms with Crippen LogP contribution in [0.15, 0.2) is 88.9 Å². The Hall–Kier alpha value is -3.10. The van der Waals surface area contributed by atoms with Gasteiger partial charge in [-0.1, -0.05) is 66.7 Å². The highest BCUT2D eigenvalue weighted by molar-refractivity contribution is 7.99. The molecule has 0 aliphatic rings. The highest BCUT2D eigenvalue weighted by Crippen LogP contribution is 2.25. The van der Waals surface area contributed by atoms with Crippen LogP contribution in [0.2, 0.25) is 0 Å². The van der Waals surface area contributed by atoms with E-state index in [2.05, 4.69) is 29.3 Å². The van der Waals surface area contributed by atoms with Crippen molar-refractivity contribution in [2.45, 2.75) is 42.5 Å². The highest BCUT2D eigenvalue weighted by atomic mass is 32.2. The summed E-state index contributed by atoms with van der Waals surface area (Å²) < 4.78 is 33.8. The predicted octanol–water partition coefficient (Wildman–Crippen LogP) is 5.67. The summed E-state index contributed by atoms with van der Waals surface area (Å²) in [6.07, 6.45) is 1.83. The molecule has 0 aliphatic carbocycles. The first-order chi connectivity index (χ1) is 17.0. The number of nitrogens with zero attached hydrogens (tertiary/aromatic N) is 3. The molecule has 6 nitrogen and oxygen atoms in total. The van der Waals surface area contributed by atoms with Gasteiger partial charge in [0.05, 0.1) is 11.5 Å². The molecule has 182 valence electrons. The lowest BCUT2D eigenvalue weighted by molar-refractivity contribution is 0.318. The van der Waals surface area contributed by atoms with Crippen LogP contribution in [0.4, 0.5) is 0 Å². The second kappa shape index (κ2) is 11.6. The summed E-state index contributed by atoms with van der Waals surface area (Å²) in [7, 11) is -3.56. The van der Waals surface area contributed by atoms with E-state index in [1.165, 1.54) is 5.56 Å². The number of aryl methyl sites for hydroxylation is 2. The minimum Gasteiger partial charge on any atom is -0.494 e. The smallest absolute Gasteiger partial charge is 0.195 e. The first kappa shape index (κ1) is 25.0. The van der Waals surface area contributed by atoms with Crippen molar-refractivity contribution >= 4 is 21.6 Å². The van der Waals surface area contributed by atoms with Crippen molar-refractivity contribution in [1.29, 1.82) is 0 Å². The first-order valence-corrected chi connectivity index (χ1v) is 14.2. The molecule has 3 aromatic carbocycles. The number of para-hydroxylation sites is 1. The maximum Gasteiger partial charge on any atom is 0.195 e. The summed E-state index contributed by atoms with van der Waals surface area (Å²) in [5.74, 6) is 1.80. The lowest BCUT2D eigenvalue weighted by Crippen LogP contribution is -2.11. The first-order valence-electron chi connectivity index (χ1n) is 11.6. The van der Waals surface area contributed by atoms with E-state index < -0.39 is 9.84 Å². The van der Waals surface area contributed by atoms with Crippen LogP contribution in [0.1, 0.15) is 30.3 Å². The van der Waals surface area contributed by atoms with E-state index in [4.69, 9.17) is 4.74 Å². The van der Waals surface area contributed by atoms with E-state index in [-0.39, 0.29) is 10.6 Å². The van der Waals surface area contributed by atoms with Crippen LogP contribution in [0.25, 0.3) is 5.69 Å². The Kier molecular flexibility index (Phi) is 8.25. The predicted molar refractivity (Wildman–Crippen MR) is 140 cm³/mol. The Labute approximate surface area is 211 Å². The van der Waals surface area contributed by atoms with Crippen molar-refractivity contribution in [2.24, 2.45) is 0 Å². The van der Waals surface area contributed by atoms with Crippen LogP contribution in [0.3, 0.4) is 0 Å². The maximum absolute atomic E-state index is 13.1. The molecule has 35 heavy (non-hydrogen) atoms. The molecule has 0 saturated heterocycles. The van der Waals surface area contributed by atoms with Crippen LogP contribution in [0.5, 0.6) is 5.75 Å². The van der Waals surface area contributed by atoms with Gasteiger partial charge in [0.2, 0.25) is 0 Å². The molecule has 0 N–H and O–H groups in total. The van der Waals surface area contributed by atoms with Crippen LogP contribution in [-0.2, 0) is 22.0 Å². The molecule has 0 bridgehead atoms. The van der Waals surface area contributed by atoms with Gasteiger partial charge in [-0.25, -0.2) is 8.42 Å². The van der Waals surface area contributed by atoms with E-state index in [9.17, 15) is 8.42 Å². The lowest BCUT2D eigenvalue weighted by Gasteiger charge is -2.11. The maximum atomic E-state index is 13.1. The topological polar surface area (TPSA) is 74.1 Å². The van der Waals surface area contributed by atoms with Crippen LogP contribution < -0.4 is 4.74 Å². The molecule has 0 fully saturated rings. The zero-order valence-electron chi connectivity index (χ0n) is 19.9. The van der Waals surface area contributed by atoms with E-state index in [0.29, 0.717) is 17.6 Å². The molecule has 0 aliphatic heterocycles. The summed E-state index contributed by atoms with van der Waals surface area (Å²) in [5.41, 5.74) is 3.13. The third-order valence-electron chi connectivity index (χ3n) is 5.53. The average Bonchev–Trinajstić information content (AvgIpc) is 3.26. The normalized spacial score (nSPS) is 11.5. The van der Waals surface area contributed by atoms with Crippen LogP contribution in [0, 0.1) is 6.92 Å². The number of hydrogen-bond donors (Lipinski definition) is 0. The number of thioether (sulfide) groups is 1. The Morgan fingerprint density at radius 2 is 1.63 bits per heavy atom. The van der Waals surface area contributed by atoms with Gasteiger partial charge in [-0.05, 0) is 61.7 Å². The third kappa shape index (κ3) is 6.52. The molecule has 0 saturated carbocycles. The quantitative estimate of drug-likeness (QED) is 0.192. The highest BCUT2D eigenvalue weighted by Gasteiger charge is 2.22. The standard InChI is InChI=1S/C27H29N3O3S2/c1-3-22-12-14-24(15-13-22)33-18-7-19-34-27-29-28-26(30(27)23-8-5-4-6-9-23)20-35(31,32)25-16-10-21(2)11-17-25/h4-6,8-17H,3,7,18-20H2,1-2H3. The van der Waals surface area contributed by atoms with Gasteiger partial charge in [0, 0.05) is 11.4 Å². The Bertz CT molecular complexity index is 1330. The second-order valence-electron chi connectivity index (χ2n) is 8.19. The molecule has 1 aromatic heterocycles. The van der Waals surface area contributed by atoms with Crippen molar-refractivity contribution in [1.82, 2.24) is 14.8 Å². The Balaban J connectivity index is 1.45. The Morgan fingerprint density at radius 1 is 0.914 bits per heavy atom. The van der Waals surface area contributed by atoms with Gasteiger partial charge >= 0.3 is 0 Å². The fourth-order valence-corrected chi connectivity index (χ4v) is 5.68. The van der Waals surface area contributed by atoms with Gasteiger partial charge in [0.1, 0.15) is 11.5 Å². The summed E-state index contributed by atoms with van der Waals surface area (Å²) in [6.45, 7) is 4.65. The SMILES string of the molecule is CCc1ccc(OCCCSc2nnc(CS(=O)(=O)c3ccc(C)cc3)n2-c2ccccc2)cc1. The van der Waals surface area contributed by atoms with Crippen LogP contribution >= 0.6 is 11.8 Å². The van der Waals surface area contributed by atoms with E-state index >= 15 is 0 Å². The van der Waals surface area contributed by atoms with Gasteiger partial charge in [-0.3, -0.25) is 4.57 Å². The number of benzene rings is 3. The summed E-state index contributed by atoms with van der Waals surface area (Å²) in [6, 6.07) is 24.7. The number of aromatic nitrogens is 3. The van der Waals surface area contributed by atoms with Crippen molar-refractivity contribution < 1.29 is 13.2 Å². The Morgan fingerprint density at radius 3 is 2.31 bits per heavy atom. The second-order valence-corrected chi connectivity index (χ2v) is 11.2. The van der Waals surface area contributed by atoms with E-state index in [0.717, 1.165) is 35.6 Å². The van der Waals surface area contributed by atoms with Crippen molar-refractivity contribution in [3.8, 4) is 11.4 Å². The molecular formula is C27H29N3O3S2. The lowest BCUT2D eigenvalue weighted by atomic mass is 10.2. The van der Waals surface area contributed by atoms with Gasteiger partial charge in [0.15, 0.2) is 20.8 Å². The third-order valence-corrected chi connectivity index (χ3v) is 8.18. The zero-order chi connectivity index (χ0) is 24.7. The molecule has 0 radical (unpaired) electrons. The number of sulfone groups is 1. The van der Waals surface area contributed by atoms with Crippen molar-refractivity contribution in [2.75, 3.05) is 12.4 Å². The molecule has 4 rings (SSSR count). The van der Waals surface area contributed by atoms with Gasteiger partial charge < -0.3 is 4.74 Å². The monoisotopic (exact) mass is 507 g/mol. The van der Waals surface area contributed by atoms with E-state index in [1.54, 1.807) is 36.0 Å². The molecule has 1 heterocycles. The van der Waals surface area contributed by atoms with Crippen molar-refractivity contribution in [3.63, 3.8) is 0 Å². The average molecular weight is 508 g/mol. The van der Waals surface area contributed by atoms with Gasteiger partial charge in [0.25, 0.3) is 0 Å². The zero-order valence-corrected chi connectivity index (χ0v) is 21.6. The molecule has 0 spiro atoms. The molecule has 4 aromatic rings. The number of hydrogen-bond acceptors (Lipinski definition) is 6. The summed E-state index contributed by atoms with van der Waals surface area (Å²) in [4.78, 5) is 0.282. The fourth-order valence-electron chi connectivity index (χ4n) is 3.56. The largest absolute Gasteiger partial charge is 0.494 e. The van der Waals surface area contributed by atoms with Crippen LogP contribution in [-0.4, -0.2) is 35.5 Å². The van der Waals surface area contributed by atoms with Gasteiger partial charge in [-0.15, -0.1) is 10.2 Å². The molecule has 0 amide bonds. The molecule has 0 unspecified atom stereocenters. The van der Waals surface area contributed by atoms with E-state index in [1.807, 2.05) is 54.0 Å². The molecular weight excluding hydrogens is 478 g/mol. The summed E-state index contributed by atoms with van der Waals surface area (Å²) >= 11 is 1.54. The minimum absolute atomic E-state index is 0.227.